The molecule has 0 radical (unpaired) electrons. The van der Waals surface area contributed by atoms with E-state index in [1.807, 2.05) is 23.1 Å². The molecule has 0 spiro atoms. The zero-order valence-corrected chi connectivity index (χ0v) is 18.2. The third-order valence-corrected chi connectivity index (χ3v) is 6.66. The van der Waals surface area contributed by atoms with E-state index in [9.17, 15) is 15.2 Å². The first-order valence-corrected chi connectivity index (χ1v) is 11.1. The largest absolute Gasteiger partial charge is 0.462 e. The topological polar surface area (TPSA) is 82.8 Å². The maximum Gasteiger partial charge on any atom is 0.348 e. The van der Waals surface area contributed by atoms with Gasteiger partial charge in [0.15, 0.2) is 0 Å². The SMILES string of the molecule is CCOC(=O)c1sc(N2CCOC(CO)C2)c(C#N)c1Cc1ccc2ccccc2c1. The van der Waals surface area contributed by atoms with Gasteiger partial charge in [-0.05, 0) is 23.3 Å². The molecule has 160 valence electrons. The standard InChI is InChI=1S/C24H24N2O4S/c1-2-29-24(28)22-20(12-16-7-8-17-5-3-4-6-18(17)11-16)21(13-25)23(31-22)26-9-10-30-19(14-26)15-27/h3-8,11,19,27H,2,9-10,12,14-15H2,1H3. The zero-order chi connectivity index (χ0) is 21.8. The van der Waals surface area contributed by atoms with Crippen molar-refractivity contribution < 1.29 is 19.4 Å². The Hall–Kier alpha value is -2.92. The zero-order valence-electron chi connectivity index (χ0n) is 17.3. The molecular formula is C24H24N2O4S. The second-order valence-electron chi connectivity index (χ2n) is 7.40. The Morgan fingerprint density at radius 2 is 2.13 bits per heavy atom. The molecule has 31 heavy (non-hydrogen) atoms. The summed E-state index contributed by atoms with van der Waals surface area (Å²) in [5.41, 5.74) is 2.23. The van der Waals surface area contributed by atoms with Crippen LogP contribution in [0.3, 0.4) is 0 Å². The number of rotatable bonds is 6. The number of esters is 1. The lowest BCUT2D eigenvalue weighted by atomic mass is 9.98. The lowest BCUT2D eigenvalue weighted by molar-refractivity contribution is 0.00373. The summed E-state index contributed by atoms with van der Waals surface area (Å²) in [6.07, 6.45) is 0.156. The Morgan fingerprint density at radius 1 is 1.32 bits per heavy atom. The van der Waals surface area contributed by atoms with Crippen molar-refractivity contribution in [3.63, 3.8) is 0 Å². The number of benzene rings is 2. The van der Waals surface area contributed by atoms with Gasteiger partial charge in [0.2, 0.25) is 0 Å². The molecule has 0 saturated carbocycles. The molecule has 6 nitrogen and oxygen atoms in total. The summed E-state index contributed by atoms with van der Waals surface area (Å²) in [4.78, 5) is 15.2. The van der Waals surface area contributed by atoms with Gasteiger partial charge in [-0.15, -0.1) is 11.3 Å². The van der Waals surface area contributed by atoms with Crippen LogP contribution in [0.5, 0.6) is 0 Å². The van der Waals surface area contributed by atoms with Gasteiger partial charge in [0, 0.05) is 25.1 Å². The predicted molar refractivity (Wildman–Crippen MR) is 121 cm³/mol. The highest BCUT2D eigenvalue weighted by Gasteiger charge is 2.29. The smallest absolute Gasteiger partial charge is 0.348 e. The van der Waals surface area contributed by atoms with E-state index < -0.39 is 5.97 Å². The average molecular weight is 437 g/mol. The summed E-state index contributed by atoms with van der Waals surface area (Å²) >= 11 is 1.29. The third-order valence-electron chi connectivity index (χ3n) is 5.39. The average Bonchev–Trinajstić information content (AvgIpc) is 3.17. The normalized spacial score (nSPS) is 16.3. The van der Waals surface area contributed by atoms with Gasteiger partial charge in [0.05, 0.1) is 31.5 Å². The number of carbonyl (C=O) groups is 1. The molecule has 1 aromatic heterocycles. The number of nitrogens with zero attached hydrogens (tertiary/aromatic N) is 2. The molecule has 3 aromatic rings. The highest BCUT2D eigenvalue weighted by molar-refractivity contribution is 7.18. The van der Waals surface area contributed by atoms with Crippen molar-refractivity contribution in [1.29, 1.82) is 5.26 Å². The van der Waals surface area contributed by atoms with Crippen LogP contribution in [-0.4, -0.2) is 50.1 Å². The maximum absolute atomic E-state index is 12.7. The molecule has 4 rings (SSSR count). The van der Waals surface area contributed by atoms with Gasteiger partial charge < -0.3 is 19.5 Å². The molecule has 1 saturated heterocycles. The molecule has 0 amide bonds. The minimum Gasteiger partial charge on any atom is -0.462 e. The number of hydrogen-bond acceptors (Lipinski definition) is 7. The fourth-order valence-corrected chi connectivity index (χ4v) is 5.09. The number of carbonyl (C=O) groups excluding carboxylic acids is 1. The summed E-state index contributed by atoms with van der Waals surface area (Å²) in [5.74, 6) is -0.405. The monoisotopic (exact) mass is 436 g/mol. The van der Waals surface area contributed by atoms with Crippen molar-refractivity contribution in [3.8, 4) is 6.07 Å². The van der Waals surface area contributed by atoms with Crippen molar-refractivity contribution in [2.24, 2.45) is 0 Å². The van der Waals surface area contributed by atoms with E-state index in [1.54, 1.807) is 6.92 Å². The van der Waals surface area contributed by atoms with Crippen LogP contribution in [-0.2, 0) is 15.9 Å². The van der Waals surface area contributed by atoms with E-state index in [4.69, 9.17) is 9.47 Å². The second-order valence-corrected chi connectivity index (χ2v) is 8.40. The lowest BCUT2D eigenvalue weighted by Crippen LogP contribution is -2.44. The van der Waals surface area contributed by atoms with Crippen molar-refractivity contribution in [2.75, 3.05) is 37.8 Å². The van der Waals surface area contributed by atoms with E-state index in [0.717, 1.165) is 21.3 Å². The van der Waals surface area contributed by atoms with E-state index in [-0.39, 0.29) is 19.3 Å². The fraction of sp³-hybridized carbons (Fsp3) is 0.333. The predicted octanol–water partition coefficient (Wildman–Crippen LogP) is 3.74. The number of aliphatic hydroxyl groups excluding tert-OH is 1. The summed E-state index contributed by atoms with van der Waals surface area (Å²) < 4.78 is 10.8. The van der Waals surface area contributed by atoms with Crippen LogP contribution in [0.4, 0.5) is 5.00 Å². The number of ether oxygens (including phenoxy) is 2. The summed E-state index contributed by atoms with van der Waals surface area (Å²) in [6.45, 7) is 3.50. The van der Waals surface area contributed by atoms with E-state index in [0.29, 0.717) is 42.1 Å². The first-order chi connectivity index (χ1) is 15.1. The number of aliphatic hydroxyl groups is 1. The summed E-state index contributed by atoms with van der Waals surface area (Å²) in [7, 11) is 0. The van der Waals surface area contributed by atoms with Crippen LogP contribution < -0.4 is 4.90 Å². The number of thiophene rings is 1. The Labute approximate surface area is 185 Å². The first kappa shape index (κ1) is 21.3. The molecular weight excluding hydrogens is 412 g/mol. The van der Waals surface area contributed by atoms with Crippen molar-refractivity contribution >= 4 is 33.1 Å². The van der Waals surface area contributed by atoms with Gasteiger partial charge in [-0.25, -0.2) is 4.79 Å². The minimum atomic E-state index is -0.405. The van der Waals surface area contributed by atoms with Crippen molar-refractivity contribution in [3.05, 3.63) is 64.0 Å². The van der Waals surface area contributed by atoms with Gasteiger partial charge in [-0.2, -0.15) is 5.26 Å². The van der Waals surface area contributed by atoms with Crippen LogP contribution in [0.1, 0.15) is 33.3 Å². The number of nitriles is 1. The highest BCUT2D eigenvalue weighted by atomic mass is 32.1. The molecule has 0 aliphatic carbocycles. The number of hydrogen-bond donors (Lipinski definition) is 1. The number of anilines is 1. The Bertz CT molecular complexity index is 1130. The molecule has 1 aliphatic rings. The second kappa shape index (κ2) is 9.48. The Balaban J connectivity index is 1.76. The molecule has 0 bridgehead atoms. The number of fused-ring (bicyclic) bond motifs is 1. The molecule has 1 atom stereocenters. The highest BCUT2D eigenvalue weighted by Crippen LogP contribution is 2.38. The Morgan fingerprint density at radius 3 is 2.87 bits per heavy atom. The van der Waals surface area contributed by atoms with Crippen LogP contribution in [0, 0.1) is 11.3 Å². The van der Waals surface area contributed by atoms with E-state index in [1.165, 1.54) is 11.3 Å². The molecule has 1 fully saturated rings. The Kier molecular flexibility index (Phi) is 6.52. The lowest BCUT2D eigenvalue weighted by Gasteiger charge is -2.32. The molecule has 2 aromatic carbocycles. The van der Waals surface area contributed by atoms with Gasteiger partial charge in [-0.1, -0.05) is 42.5 Å². The molecule has 1 aliphatic heterocycles. The van der Waals surface area contributed by atoms with Crippen molar-refractivity contribution in [2.45, 2.75) is 19.4 Å². The van der Waals surface area contributed by atoms with Crippen LogP contribution >= 0.6 is 11.3 Å². The molecule has 1 unspecified atom stereocenters. The number of morpholine rings is 1. The van der Waals surface area contributed by atoms with Crippen LogP contribution in [0.25, 0.3) is 10.8 Å². The fourth-order valence-electron chi connectivity index (χ4n) is 3.89. The van der Waals surface area contributed by atoms with Crippen LogP contribution in [0.15, 0.2) is 42.5 Å². The van der Waals surface area contributed by atoms with Crippen molar-refractivity contribution in [1.82, 2.24) is 0 Å². The summed E-state index contributed by atoms with van der Waals surface area (Å²) in [5, 5.41) is 22.5. The molecule has 1 N–H and O–H groups in total. The van der Waals surface area contributed by atoms with E-state index in [2.05, 4.69) is 30.3 Å². The summed E-state index contributed by atoms with van der Waals surface area (Å²) in [6, 6.07) is 16.6. The maximum atomic E-state index is 12.7. The van der Waals surface area contributed by atoms with Gasteiger partial charge in [0.1, 0.15) is 15.9 Å². The van der Waals surface area contributed by atoms with E-state index >= 15 is 0 Å². The van der Waals surface area contributed by atoms with Gasteiger partial charge >= 0.3 is 5.97 Å². The third kappa shape index (κ3) is 4.42. The molecule has 2 heterocycles. The van der Waals surface area contributed by atoms with Crippen LogP contribution in [0.2, 0.25) is 0 Å². The quantitative estimate of drug-likeness (QED) is 0.593. The minimum absolute atomic E-state index is 0.0849. The first-order valence-electron chi connectivity index (χ1n) is 10.3. The van der Waals surface area contributed by atoms with Gasteiger partial charge in [-0.3, -0.25) is 0 Å². The van der Waals surface area contributed by atoms with Gasteiger partial charge in [0.25, 0.3) is 0 Å². The molecule has 7 heteroatoms.